The summed E-state index contributed by atoms with van der Waals surface area (Å²) in [6.07, 6.45) is 5.89. The molecule has 2 heterocycles. The molecule has 1 amide bonds. The standard InChI is InChI=1S/C14H26N2O3.ClH/c1-11(15)14(17)16-7-5-12(6-8-16)19-10-13-4-2-3-9-18-13;/h11-13H,2-10,15H2,1H3;1H/t11-,13?;/m1./s1. The number of carbonyl (C=O) groups excluding carboxylic acids is 1. The summed E-state index contributed by atoms with van der Waals surface area (Å²) in [5.74, 6) is 0.0501. The van der Waals surface area contributed by atoms with Gasteiger partial charge in [-0.3, -0.25) is 4.79 Å². The number of rotatable bonds is 4. The molecule has 0 saturated carbocycles. The zero-order valence-corrected chi connectivity index (χ0v) is 13.1. The number of nitrogens with two attached hydrogens (primary N) is 1. The molecule has 2 atom stereocenters. The van der Waals surface area contributed by atoms with Crippen LogP contribution in [-0.2, 0) is 14.3 Å². The van der Waals surface area contributed by atoms with Crippen LogP contribution in [0.25, 0.3) is 0 Å². The van der Waals surface area contributed by atoms with Gasteiger partial charge >= 0.3 is 0 Å². The van der Waals surface area contributed by atoms with Crippen molar-refractivity contribution in [1.29, 1.82) is 0 Å². The van der Waals surface area contributed by atoms with Crippen molar-refractivity contribution in [1.82, 2.24) is 4.90 Å². The maximum atomic E-state index is 11.7. The summed E-state index contributed by atoms with van der Waals surface area (Å²) in [6, 6.07) is -0.395. The minimum absolute atomic E-state index is 0. The van der Waals surface area contributed by atoms with E-state index in [1.165, 1.54) is 12.8 Å². The van der Waals surface area contributed by atoms with Crippen molar-refractivity contribution in [2.24, 2.45) is 5.73 Å². The lowest BCUT2D eigenvalue weighted by atomic mass is 10.1. The first-order chi connectivity index (χ1) is 9.16. The fourth-order valence-corrected chi connectivity index (χ4v) is 2.71. The molecule has 0 aliphatic carbocycles. The van der Waals surface area contributed by atoms with Crippen molar-refractivity contribution in [3.8, 4) is 0 Å². The number of halogens is 1. The molecule has 0 aromatic carbocycles. The molecule has 5 nitrogen and oxygen atoms in total. The minimum atomic E-state index is -0.395. The SMILES string of the molecule is C[C@@H](N)C(=O)N1CCC(OCC2CCCCO2)CC1.Cl. The summed E-state index contributed by atoms with van der Waals surface area (Å²) < 4.78 is 11.6. The number of ether oxygens (including phenoxy) is 2. The largest absolute Gasteiger partial charge is 0.376 e. The van der Waals surface area contributed by atoms with E-state index in [2.05, 4.69) is 0 Å². The molecule has 0 aromatic rings. The van der Waals surface area contributed by atoms with Gasteiger partial charge in [-0.2, -0.15) is 0 Å². The van der Waals surface area contributed by atoms with E-state index in [0.717, 1.165) is 39.0 Å². The number of likely N-dealkylation sites (tertiary alicyclic amines) is 1. The van der Waals surface area contributed by atoms with Crippen molar-refractivity contribution in [2.45, 2.75) is 57.3 Å². The smallest absolute Gasteiger partial charge is 0.239 e. The predicted octanol–water partition coefficient (Wildman–Crippen LogP) is 1.33. The molecule has 20 heavy (non-hydrogen) atoms. The van der Waals surface area contributed by atoms with Gasteiger partial charge in [0.05, 0.1) is 24.9 Å². The van der Waals surface area contributed by atoms with Gasteiger partial charge in [0.1, 0.15) is 0 Å². The number of piperidine rings is 1. The molecule has 0 bridgehead atoms. The summed E-state index contributed by atoms with van der Waals surface area (Å²) in [5, 5.41) is 0. The summed E-state index contributed by atoms with van der Waals surface area (Å²) in [4.78, 5) is 13.6. The zero-order valence-electron chi connectivity index (χ0n) is 12.3. The summed E-state index contributed by atoms with van der Waals surface area (Å²) >= 11 is 0. The van der Waals surface area contributed by atoms with Gasteiger partial charge in [-0.25, -0.2) is 0 Å². The number of amides is 1. The van der Waals surface area contributed by atoms with Crippen molar-refractivity contribution in [3.05, 3.63) is 0 Å². The van der Waals surface area contributed by atoms with Gasteiger partial charge in [0.25, 0.3) is 0 Å². The van der Waals surface area contributed by atoms with Gasteiger partial charge in [-0.05, 0) is 39.0 Å². The molecule has 0 spiro atoms. The van der Waals surface area contributed by atoms with Gasteiger partial charge in [0.15, 0.2) is 0 Å². The first-order valence-corrected chi connectivity index (χ1v) is 7.44. The first-order valence-electron chi connectivity index (χ1n) is 7.44. The molecule has 2 saturated heterocycles. The monoisotopic (exact) mass is 306 g/mol. The Hall–Kier alpha value is -0.360. The van der Waals surface area contributed by atoms with Crippen LogP contribution in [0.5, 0.6) is 0 Å². The van der Waals surface area contributed by atoms with Crippen molar-refractivity contribution in [2.75, 3.05) is 26.3 Å². The number of carbonyl (C=O) groups is 1. The zero-order chi connectivity index (χ0) is 13.7. The third-order valence-corrected chi connectivity index (χ3v) is 3.93. The second-order valence-electron chi connectivity index (χ2n) is 5.64. The van der Waals surface area contributed by atoms with Crippen LogP contribution < -0.4 is 5.73 Å². The van der Waals surface area contributed by atoms with Crippen LogP contribution in [-0.4, -0.2) is 55.4 Å². The highest BCUT2D eigenvalue weighted by Crippen LogP contribution is 2.18. The molecule has 1 unspecified atom stereocenters. The van der Waals surface area contributed by atoms with E-state index in [0.29, 0.717) is 6.61 Å². The van der Waals surface area contributed by atoms with Crippen LogP contribution in [0.4, 0.5) is 0 Å². The van der Waals surface area contributed by atoms with E-state index in [4.69, 9.17) is 15.2 Å². The van der Waals surface area contributed by atoms with Crippen LogP contribution in [0, 0.1) is 0 Å². The highest BCUT2D eigenvalue weighted by atomic mass is 35.5. The van der Waals surface area contributed by atoms with Gasteiger partial charge in [-0.1, -0.05) is 0 Å². The normalized spacial score (nSPS) is 25.9. The average molecular weight is 307 g/mol. The molecule has 118 valence electrons. The lowest BCUT2D eigenvalue weighted by molar-refractivity contribution is -0.135. The van der Waals surface area contributed by atoms with Crippen molar-refractivity contribution >= 4 is 18.3 Å². The molecule has 0 aromatic heterocycles. The maximum Gasteiger partial charge on any atom is 0.239 e. The molecular weight excluding hydrogens is 280 g/mol. The molecule has 2 aliphatic heterocycles. The van der Waals surface area contributed by atoms with Gasteiger partial charge in [0.2, 0.25) is 5.91 Å². The topological polar surface area (TPSA) is 64.8 Å². The molecule has 2 rings (SSSR count). The third kappa shape index (κ3) is 5.20. The Bertz CT molecular complexity index is 288. The van der Waals surface area contributed by atoms with Crippen LogP contribution in [0.15, 0.2) is 0 Å². The Morgan fingerprint density at radius 3 is 2.60 bits per heavy atom. The summed E-state index contributed by atoms with van der Waals surface area (Å²) in [5.41, 5.74) is 5.62. The molecule has 2 N–H and O–H groups in total. The van der Waals surface area contributed by atoms with Crippen LogP contribution in [0.1, 0.15) is 39.0 Å². The van der Waals surface area contributed by atoms with E-state index in [1.54, 1.807) is 6.92 Å². The lowest BCUT2D eigenvalue weighted by Crippen LogP contribution is -2.47. The van der Waals surface area contributed by atoms with Gasteiger partial charge in [0, 0.05) is 19.7 Å². The maximum absolute atomic E-state index is 11.7. The van der Waals surface area contributed by atoms with Gasteiger partial charge < -0.3 is 20.1 Å². The Morgan fingerprint density at radius 1 is 1.35 bits per heavy atom. The van der Waals surface area contributed by atoms with E-state index in [9.17, 15) is 4.79 Å². The molecular formula is C14H27ClN2O3. The Morgan fingerprint density at radius 2 is 2.05 bits per heavy atom. The van der Waals surface area contributed by atoms with Crippen LogP contribution >= 0.6 is 12.4 Å². The van der Waals surface area contributed by atoms with E-state index >= 15 is 0 Å². The third-order valence-electron chi connectivity index (χ3n) is 3.93. The number of hydrogen-bond acceptors (Lipinski definition) is 4. The highest BCUT2D eigenvalue weighted by molar-refractivity contribution is 5.85. The first kappa shape index (κ1) is 17.7. The fourth-order valence-electron chi connectivity index (χ4n) is 2.71. The van der Waals surface area contributed by atoms with Crippen LogP contribution in [0.3, 0.4) is 0 Å². The minimum Gasteiger partial charge on any atom is -0.376 e. The second kappa shape index (κ2) is 8.82. The Balaban J connectivity index is 0.00000200. The fraction of sp³-hybridized carbons (Fsp3) is 0.929. The Labute approximate surface area is 127 Å². The van der Waals surface area contributed by atoms with Crippen LogP contribution in [0.2, 0.25) is 0 Å². The lowest BCUT2D eigenvalue weighted by Gasteiger charge is -2.34. The highest BCUT2D eigenvalue weighted by Gasteiger charge is 2.25. The molecule has 2 aliphatic rings. The van der Waals surface area contributed by atoms with E-state index in [1.807, 2.05) is 4.90 Å². The van der Waals surface area contributed by atoms with Crippen molar-refractivity contribution in [3.63, 3.8) is 0 Å². The predicted molar refractivity (Wildman–Crippen MR) is 80.0 cm³/mol. The quantitative estimate of drug-likeness (QED) is 0.851. The van der Waals surface area contributed by atoms with Gasteiger partial charge in [-0.15, -0.1) is 12.4 Å². The number of nitrogens with zero attached hydrogens (tertiary/aromatic N) is 1. The second-order valence-corrected chi connectivity index (χ2v) is 5.64. The summed E-state index contributed by atoms with van der Waals surface area (Å²) in [6.45, 7) is 4.83. The summed E-state index contributed by atoms with van der Waals surface area (Å²) in [7, 11) is 0. The average Bonchev–Trinajstić information content (AvgIpc) is 2.46. The molecule has 0 radical (unpaired) electrons. The number of hydrogen-bond donors (Lipinski definition) is 1. The van der Waals surface area contributed by atoms with E-state index in [-0.39, 0.29) is 30.5 Å². The van der Waals surface area contributed by atoms with E-state index < -0.39 is 6.04 Å². The van der Waals surface area contributed by atoms with Crippen molar-refractivity contribution < 1.29 is 14.3 Å². The Kier molecular flexibility index (Phi) is 7.80. The molecule has 2 fully saturated rings. The molecule has 6 heteroatoms.